The van der Waals surface area contributed by atoms with Crippen LogP contribution in [-0.2, 0) is 20.2 Å². The largest absolute Gasteiger partial charge is 0.339 e. The highest BCUT2D eigenvalue weighted by atomic mass is 79.9. The van der Waals surface area contributed by atoms with Crippen molar-refractivity contribution in [1.82, 2.24) is 9.21 Å². The van der Waals surface area contributed by atoms with E-state index < -0.39 is 15.4 Å². The van der Waals surface area contributed by atoms with E-state index in [0.29, 0.717) is 35.4 Å². The molecule has 2 aromatic rings. The summed E-state index contributed by atoms with van der Waals surface area (Å²) in [5.74, 6) is 0.0979. The number of hydrogen-bond donors (Lipinski definition) is 0. The number of sulfonamides is 1. The number of carbonyl (C=O) groups is 1. The maximum atomic E-state index is 13.1. The van der Waals surface area contributed by atoms with Crippen molar-refractivity contribution in [3.05, 3.63) is 50.8 Å². The summed E-state index contributed by atoms with van der Waals surface area (Å²) in [6, 6.07) is 10.8. The molecular formula is C18H18BrClN2O3S2. The molecule has 1 aromatic carbocycles. The third kappa shape index (κ3) is 3.58. The first-order valence-corrected chi connectivity index (χ1v) is 12.1. The average Bonchev–Trinajstić information content (AvgIpc) is 3.36. The Kier molecular flexibility index (Phi) is 5.13. The second-order valence-electron chi connectivity index (χ2n) is 6.84. The van der Waals surface area contributed by atoms with E-state index in [1.54, 1.807) is 17.0 Å². The number of rotatable bonds is 4. The monoisotopic (exact) mass is 488 g/mol. The Bertz CT molecular complexity index is 963. The summed E-state index contributed by atoms with van der Waals surface area (Å²) in [5.41, 5.74) is 0.542. The molecule has 9 heteroatoms. The van der Waals surface area contributed by atoms with Gasteiger partial charge in [0.15, 0.2) is 0 Å². The van der Waals surface area contributed by atoms with Crippen molar-refractivity contribution in [3.63, 3.8) is 0 Å². The number of carbonyl (C=O) groups excluding carboxylic acids is 1. The molecule has 0 unspecified atom stereocenters. The zero-order valence-electron chi connectivity index (χ0n) is 14.4. The highest BCUT2D eigenvalue weighted by Crippen LogP contribution is 2.50. The van der Waals surface area contributed by atoms with Gasteiger partial charge in [0.05, 0.1) is 9.20 Å². The smallest absolute Gasteiger partial charge is 0.252 e. The van der Waals surface area contributed by atoms with Crippen molar-refractivity contribution >= 4 is 54.8 Å². The molecule has 144 valence electrons. The fourth-order valence-electron chi connectivity index (χ4n) is 3.52. The topological polar surface area (TPSA) is 57.7 Å². The van der Waals surface area contributed by atoms with Gasteiger partial charge in [-0.25, -0.2) is 8.42 Å². The van der Waals surface area contributed by atoms with Crippen LogP contribution in [0.5, 0.6) is 0 Å². The highest BCUT2D eigenvalue weighted by molar-refractivity contribution is 9.11. The van der Waals surface area contributed by atoms with Crippen LogP contribution in [0.4, 0.5) is 0 Å². The van der Waals surface area contributed by atoms with E-state index in [1.165, 1.54) is 15.6 Å². The van der Waals surface area contributed by atoms with Crippen LogP contribution in [0.25, 0.3) is 0 Å². The van der Waals surface area contributed by atoms with Crippen LogP contribution in [0.2, 0.25) is 5.02 Å². The van der Waals surface area contributed by atoms with Gasteiger partial charge in [0.1, 0.15) is 4.21 Å². The minimum absolute atomic E-state index is 0.0979. The molecule has 1 aliphatic heterocycles. The van der Waals surface area contributed by atoms with Gasteiger partial charge < -0.3 is 4.90 Å². The maximum Gasteiger partial charge on any atom is 0.252 e. The summed E-state index contributed by atoms with van der Waals surface area (Å²) < 4.78 is 28.1. The van der Waals surface area contributed by atoms with Crippen molar-refractivity contribution in [2.45, 2.75) is 22.5 Å². The Balaban J connectivity index is 1.45. The van der Waals surface area contributed by atoms with E-state index >= 15 is 0 Å². The summed E-state index contributed by atoms with van der Waals surface area (Å²) in [6.07, 6.45) is 1.66. The molecule has 0 bridgehead atoms. The van der Waals surface area contributed by atoms with Crippen molar-refractivity contribution in [2.75, 3.05) is 26.2 Å². The van der Waals surface area contributed by atoms with Gasteiger partial charge >= 0.3 is 0 Å². The molecule has 0 atom stereocenters. The van der Waals surface area contributed by atoms with Crippen LogP contribution in [0, 0.1) is 0 Å². The number of nitrogens with zero attached hydrogens (tertiary/aromatic N) is 2. The minimum Gasteiger partial charge on any atom is -0.339 e. The molecule has 1 saturated carbocycles. The van der Waals surface area contributed by atoms with E-state index in [2.05, 4.69) is 15.9 Å². The van der Waals surface area contributed by atoms with Crippen molar-refractivity contribution in [3.8, 4) is 0 Å². The SMILES string of the molecule is O=C(N1CCN(S(=O)(=O)c2ccc(Br)s2)CC1)C1(c2ccc(Cl)cc2)CC1. The van der Waals surface area contributed by atoms with E-state index in [9.17, 15) is 13.2 Å². The predicted octanol–water partition coefficient (Wildman–Crippen LogP) is 3.73. The molecule has 1 saturated heterocycles. The van der Waals surface area contributed by atoms with Crippen LogP contribution in [0.15, 0.2) is 44.4 Å². The summed E-state index contributed by atoms with van der Waals surface area (Å²) in [4.78, 5) is 14.9. The van der Waals surface area contributed by atoms with Crippen molar-refractivity contribution < 1.29 is 13.2 Å². The molecule has 0 radical (unpaired) electrons. The number of halogens is 2. The molecule has 1 aliphatic carbocycles. The van der Waals surface area contributed by atoms with Crippen LogP contribution >= 0.6 is 38.9 Å². The lowest BCUT2D eigenvalue weighted by atomic mass is 9.94. The predicted molar refractivity (Wildman–Crippen MR) is 110 cm³/mol. The van der Waals surface area contributed by atoms with E-state index in [1.807, 2.05) is 24.3 Å². The minimum atomic E-state index is -3.50. The quantitative estimate of drug-likeness (QED) is 0.657. The van der Waals surface area contributed by atoms with Gasteiger partial charge in [-0.3, -0.25) is 4.79 Å². The van der Waals surface area contributed by atoms with Gasteiger partial charge in [-0.2, -0.15) is 4.31 Å². The first-order valence-electron chi connectivity index (χ1n) is 8.64. The Hall–Kier alpha value is -0.930. The van der Waals surface area contributed by atoms with E-state index in [-0.39, 0.29) is 5.91 Å². The zero-order chi connectivity index (χ0) is 19.2. The fourth-order valence-corrected chi connectivity index (χ4v) is 7.23. The summed E-state index contributed by atoms with van der Waals surface area (Å²) in [7, 11) is -3.50. The Morgan fingerprint density at radius 2 is 1.67 bits per heavy atom. The zero-order valence-corrected chi connectivity index (χ0v) is 18.4. The van der Waals surface area contributed by atoms with E-state index in [4.69, 9.17) is 11.6 Å². The number of hydrogen-bond acceptors (Lipinski definition) is 4. The lowest BCUT2D eigenvalue weighted by molar-refractivity contribution is -0.135. The van der Waals surface area contributed by atoms with Crippen molar-refractivity contribution in [2.24, 2.45) is 0 Å². The normalized spacial score (nSPS) is 19.9. The molecule has 5 nitrogen and oxygen atoms in total. The summed E-state index contributed by atoms with van der Waals surface area (Å²) in [6.45, 7) is 1.47. The van der Waals surface area contributed by atoms with Gasteiger partial charge in [0, 0.05) is 31.2 Å². The molecule has 2 fully saturated rings. The van der Waals surface area contributed by atoms with Crippen molar-refractivity contribution in [1.29, 1.82) is 0 Å². The third-order valence-electron chi connectivity index (χ3n) is 5.22. The van der Waals surface area contributed by atoms with Gasteiger partial charge in [0.25, 0.3) is 10.0 Å². The summed E-state index contributed by atoms with van der Waals surface area (Å²) in [5, 5.41) is 0.654. The van der Waals surface area contributed by atoms with Gasteiger partial charge in [-0.05, 0) is 58.6 Å². The van der Waals surface area contributed by atoms with Crippen LogP contribution < -0.4 is 0 Å². The van der Waals surface area contributed by atoms with Gasteiger partial charge in [-0.15, -0.1) is 11.3 Å². The highest BCUT2D eigenvalue weighted by Gasteiger charge is 2.53. The number of piperazine rings is 1. The molecule has 4 rings (SSSR count). The molecule has 2 aliphatic rings. The molecule has 1 amide bonds. The maximum absolute atomic E-state index is 13.1. The molecule has 2 heterocycles. The molecule has 0 N–H and O–H groups in total. The second-order valence-corrected chi connectivity index (χ2v) is 11.9. The average molecular weight is 490 g/mol. The van der Waals surface area contributed by atoms with Crippen LogP contribution in [0.1, 0.15) is 18.4 Å². The number of amides is 1. The van der Waals surface area contributed by atoms with E-state index in [0.717, 1.165) is 22.2 Å². The Morgan fingerprint density at radius 1 is 1.04 bits per heavy atom. The molecule has 0 spiro atoms. The Labute approximate surface area is 176 Å². The third-order valence-corrected chi connectivity index (χ3v) is 9.47. The van der Waals surface area contributed by atoms with Gasteiger partial charge in [0.2, 0.25) is 5.91 Å². The standard InChI is InChI=1S/C18H18BrClN2O3S2/c19-15-5-6-16(26-15)27(24,25)22-11-9-21(10-12-22)17(23)18(7-8-18)13-1-3-14(20)4-2-13/h1-6H,7-12H2. The van der Waals surface area contributed by atoms with Crippen LogP contribution in [0.3, 0.4) is 0 Å². The molecular weight excluding hydrogens is 472 g/mol. The number of benzene rings is 1. The molecule has 27 heavy (non-hydrogen) atoms. The Morgan fingerprint density at radius 3 is 2.19 bits per heavy atom. The molecule has 1 aromatic heterocycles. The first kappa shape index (κ1) is 19.4. The fraction of sp³-hybridized carbons (Fsp3) is 0.389. The second kappa shape index (κ2) is 7.15. The van der Waals surface area contributed by atoms with Gasteiger partial charge in [-0.1, -0.05) is 23.7 Å². The lowest BCUT2D eigenvalue weighted by Crippen LogP contribution is -2.52. The first-order chi connectivity index (χ1) is 12.8. The summed E-state index contributed by atoms with van der Waals surface area (Å²) >= 11 is 10.5. The number of thiophene rings is 1. The lowest BCUT2D eigenvalue weighted by Gasteiger charge is -2.35. The van der Waals surface area contributed by atoms with Crippen LogP contribution in [-0.4, -0.2) is 49.7 Å².